The second-order valence-electron chi connectivity index (χ2n) is 5.42. The van der Waals surface area contributed by atoms with E-state index in [-0.39, 0.29) is 24.0 Å². The van der Waals surface area contributed by atoms with E-state index >= 15 is 0 Å². The van der Waals surface area contributed by atoms with Crippen LogP contribution in [0.25, 0.3) is 0 Å². The average molecular weight is 271 g/mol. The van der Waals surface area contributed by atoms with Gasteiger partial charge in [0.05, 0.1) is 12.1 Å². The molecule has 0 aromatic rings. The lowest BCUT2D eigenvalue weighted by Gasteiger charge is -2.17. The second-order valence-corrected chi connectivity index (χ2v) is 5.42. The zero-order valence-corrected chi connectivity index (χ0v) is 12.2. The third kappa shape index (κ3) is 5.16. The van der Waals surface area contributed by atoms with Gasteiger partial charge >= 0.3 is 0 Å². The first-order chi connectivity index (χ1) is 8.93. The zero-order chi connectivity index (χ0) is 14.4. The van der Waals surface area contributed by atoms with Crippen LogP contribution in [0.2, 0.25) is 0 Å². The van der Waals surface area contributed by atoms with Gasteiger partial charge in [0.2, 0.25) is 11.8 Å². The predicted molar refractivity (Wildman–Crippen MR) is 72.7 cm³/mol. The van der Waals surface area contributed by atoms with Gasteiger partial charge in [-0.2, -0.15) is 0 Å². The van der Waals surface area contributed by atoms with Gasteiger partial charge in [0, 0.05) is 20.2 Å². The van der Waals surface area contributed by atoms with Gasteiger partial charge < -0.3 is 20.7 Å². The van der Waals surface area contributed by atoms with Gasteiger partial charge in [0.25, 0.3) is 0 Å². The van der Waals surface area contributed by atoms with Crippen molar-refractivity contribution in [1.82, 2.24) is 16.0 Å². The Kier molecular flexibility index (Phi) is 6.24. The van der Waals surface area contributed by atoms with Crippen molar-refractivity contribution in [2.45, 2.75) is 45.4 Å². The van der Waals surface area contributed by atoms with Crippen LogP contribution in [0.1, 0.15) is 27.2 Å². The maximum absolute atomic E-state index is 12.0. The van der Waals surface area contributed by atoms with Crippen LogP contribution in [0.3, 0.4) is 0 Å². The molecule has 3 N–H and O–H groups in total. The van der Waals surface area contributed by atoms with Crippen molar-refractivity contribution in [2.75, 3.05) is 20.2 Å². The molecule has 6 heteroatoms. The van der Waals surface area contributed by atoms with Crippen LogP contribution in [-0.4, -0.2) is 50.2 Å². The number of carbonyl (C=O) groups is 2. The van der Waals surface area contributed by atoms with E-state index in [0.29, 0.717) is 25.4 Å². The monoisotopic (exact) mass is 271 g/mol. The van der Waals surface area contributed by atoms with Gasteiger partial charge in [0.1, 0.15) is 6.04 Å². The molecule has 0 spiro atoms. The van der Waals surface area contributed by atoms with Crippen molar-refractivity contribution in [3.05, 3.63) is 0 Å². The van der Waals surface area contributed by atoms with Crippen LogP contribution in [0, 0.1) is 5.92 Å². The first-order valence-electron chi connectivity index (χ1n) is 6.78. The molecule has 0 saturated carbocycles. The van der Waals surface area contributed by atoms with Crippen molar-refractivity contribution in [2.24, 2.45) is 5.92 Å². The molecule has 3 atom stereocenters. The van der Waals surface area contributed by atoms with E-state index in [1.807, 2.05) is 13.8 Å². The van der Waals surface area contributed by atoms with E-state index in [0.717, 1.165) is 0 Å². The number of carbonyl (C=O) groups excluding carboxylic acids is 2. The highest BCUT2D eigenvalue weighted by atomic mass is 16.5. The number of rotatable bonds is 6. The van der Waals surface area contributed by atoms with E-state index in [1.165, 1.54) is 0 Å². The van der Waals surface area contributed by atoms with E-state index in [1.54, 1.807) is 14.0 Å². The lowest BCUT2D eigenvalue weighted by atomic mass is 10.1. The highest BCUT2D eigenvalue weighted by Gasteiger charge is 2.30. The fourth-order valence-electron chi connectivity index (χ4n) is 1.92. The molecule has 3 unspecified atom stereocenters. The number of methoxy groups -OCH3 is 1. The Bertz CT molecular complexity index is 320. The van der Waals surface area contributed by atoms with Crippen molar-refractivity contribution in [1.29, 1.82) is 0 Å². The Morgan fingerprint density at radius 2 is 2.05 bits per heavy atom. The Hall–Kier alpha value is -1.14. The molecule has 1 aliphatic heterocycles. The molecule has 0 bridgehead atoms. The van der Waals surface area contributed by atoms with E-state index in [4.69, 9.17) is 4.74 Å². The zero-order valence-electron chi connectivity index (χ0n) is 12.2. The third-order valence-corrected chi connectivity index (χ3v) is 3.18. The van der Waals surface area contributed by atoms with Crippen LogP contribution in [0.4, 0.5) is 0 Å². The van der Waals surface area contributed by atoms with E-state index in [9.17, 15) is 9.59 Å². The summed E-state index contributed by atoms with van der Waals surface area (Å²) in [5, 5.41) is 8.60. The Labute approximate surface area is 114 Å². The molecule has 0 aliphatic carbocycles. The van der Waals surface area contributed by atoms with Crippen molar-refractivity contribution in [3.63, 3.8) is 0 Å². The van der Waals surface area contributed by atoms with Gasteiger partial charge in [-0.05, 0) is 19.3 Å². The maximum atomic E-state index is 12.0. The van der Waals surface area contributed by atoms with E-state index < -0.39 is 6.04 Å². The highest BCUT2D eigenvalue weighted by Crippen LogP contribution is 2.09. The number of ether oxygens (including phenoxy) is 1. The minimum Gasteiger partial charge on any atom is -0.380 e. The molecule has 1 rings (SSSR count). The molecule has 0 aromatic carbocycles. The van der Waals surface area contributed by atoms with Crippen molar-refractivity contribution in [3.8, 4) is 0 Å². The summed E-state index contributed by atoms with van der Waals surface area (Å²) >= 11 is 0. The minimum absolute atomic E-state index is 0.0702. The normalized spacial score (nSPS) is 24.3. The van der Waals surface area contributed by atoms with Crippen LogP contribution >= 0.6 is 0 Å². The molecule has 1 heterocycles. The van der Waals surface area contributed by atoms with Gasteiger partial charge in [-0.3, -0.25) is 9.59 Å². The summed E-state index contributed by atoms with van der Waals surface area (Å²) in [4.78, 5) is 23.7. The Balaban J connectivity index is 2.33. The molecule has 6 nitrogen and oxygen atoms in total. The molecular formula is C13H25N3O3. The van der Waals surface area contributed by atoms with Gasteiger partial charge in [-0.15, -0.1) is 0 Å². The largest absolute Gasteiger partial charge is 0.380 e. The topological polar surface area (TPSA) is 79.5 Å². The van der Waals surface area contributed by atoms with Crippen LogP contribution in [0.5, 0.6) is 0 Å². The summed E-state index contributed by atoms with van der Waals surface area (Å²) in [6.07, 6.45) is 0.712. The van der Waals surface area contributed by atoms with E-state index in [2.05, 4.69) is 16.0 Å². The molecule has 110 valence electrons. The van der Waals surface area contributed by atoms with Crippen molar-refractivity contribution >= 4 is 11.8 Å². The van der Waals surface area contributed by atoms with Crippen molar-refractivity contribution < 1.29 is 14.3 Å². The second kappa shape index (κ2) is 7.45. The molecule has 1 saturated heterocycles. The lowest BCUT2D eigenvalue weighted by Crippen LogP contribution is -2.50. The molecule has 0 radical (unpaired) electrons. The molecule has 19 heavy (non-hydrogen) atoms. The van der Waals surface area contributed by atoms with Gasteiger partial charge in [-0.25, -0.2) is 0 Å². The summed E-state index contributed by atoms with van der Waals surface area (Å²) in [5.74, 6) is 0.0981. The SMILES string of the molecule is COC1CNC(C(=O)NC(C)C(=O)NCC(C)C)C1. The lowest BCUT2D eigenvalue weighted by molar-refractivity contribution is -0.129. The summed E-state index contributed by atoms with van der Waals surface area (Å²) in [6.45, 7) is 7.03. The first kappa shape index (κ1) is 15.9. The molecular weight excluding hydrogens is 246 g/mol. The Morgan fingerprint density at radius 1 is 1.37 bits per heavy atom. The predicted octanol–water partition coefficient (Wildman–Crippen LogP) is -0.360. The van der Waals surface area contributed by atoms with Crippen LogP contribution < -0.4 is 16.0 Å². The first-order valence-corrected chi connectivity index (χ1v) is 6.78. The number of hydrogen-bond donors (Lipinski definition) is 3. The molecule has 1 aliphatic rings. The number of amides is 2. The summed E-state index contributed by atoms with van der Waals surface area (Å²) in [5.41, 5.74) is 0. The maximum Gasteiger partial charge on any atom is 0.242 e. The number of hydrogen-bond acceptors (Lipinski definition) is 4. The summed E-state index contributed by atoms with van der Waals surface area (Å²) in [7, 11) is 1.63. The Morgan fingerprint density at radius 3 is 2.58 bits per heavy atom. The minimum atomic E-state index is -0.519. The molecule has 0 aromatic heterocycles. The van der Waals surface area contributed by atoms with Crippen LogP contribution in [0.15, 0.2) is 0 Å². The van der Waals surface area contributed by atoms with Crippen LogP contribution in [-0.2, 0) is 14.3 Å². The smallest absolute Gasteiger partial charge is 0.242 e. The number of nitrogens with one attached hydrogen (secondary N) is 3. The molecule has 2 amide bonds. The summed E-state index contributed by atoms with van der Waals surface area (Å²) < 4.78 is 5.19. The fourth-order valence-corrected chi connectivity index (χ4v) is 1.92. The van der Waals surface area contributed by atoms with Gasteiger partial charge in [-0.1, -0.05) is 13.8 Å². The van der Waals surface area contributed by atoms with Gasteiger partial charge in [0.15, 0.2) is 0 Å². The average Bonchev–Trinajstić information content (AvgIpc) is 2.84. The summed E-state index contributed by atoms with van der Waals surface area (Å²) in [6, 6.07) is -0.792. The quantitative estimate of drug-likeness (QED) is 0.616. The highest BCUT2D eigenvalue weighted by molar-refractivity contribution is 5.89. The molecule has 1 fully saturated rings. The standard InChI is InChI=1S/C13H25N3O3/c1-8(2)6-15-12(17)9(3)16-13(18)11-5-10(19-4)7-14-11/h8-11,14H,5-7H2,1-4H3,(H,15,17)(H,16,18). The fraction of sp³-hybridized carbons (Fsp3) is 0.846. The third-order valence-electron chi connectivity index (χ3n) is 3.18.